The molecule has 0 unspecified atom stereocenters. The van der Waals surface area contributed by atoms with Crippen molar-refractivity contribution in [3.8, 4) is 0 Å². The first-order chi connectivity index (χ1) is 13.3. The summed E-state index contributed by atoms with van der Waals surface area (Å²) in [4.78, 5) is 37.0. The van der Waals surface area contributed by atoms with Gasteiger partial charge in [-0.05, 0) is 23.8 Å². The average molecular weight is 392 g/mol. The summed E-state index contributed by atoms with van der Waals surface area (Å²) >= 11 is 0. The molecule has 0 bridgehead atoms. The van der Waals surface area contributed by atoms with Crippen LogP contribution in [0.25, 0.3) is 0 Å². The van der Waals surface area contributed by atoms with E-state index in [1.807, 2.05) is 58.0 Å². The number of carbonyl (C=O) groups is 3. The summed E-state index contributed by atoms with van der Waals surface area (Å²) in [7, 11) is 1.28. The van der Waals surface area contributed by atoms with Gasteiger partial charge in [0, 0.05) is 0 Å². The molecule has 1 aromatic carbocycles. The second-order valence-electron chi connectivity index (χ2n) is 7.28. The van der Waals surface area contributed by atoms with E-state index in [2.05, 4.69) is 10.6 Å². The number of rotatable bonds is 10. The van der Waals surface area contributed by atoms with Gasteiger partial charge in [-0.2, -0.15) is 0 Å². The molecule has 3 atom stereocenters. The van der Waals surface area contributed by atoms with E-state index in [0.717, 1.165) is 5.56 Å². The number of hydrogen-bond donors (Lipinski definition) is 2. The fourth-order valence-corrected chi connectivity index (χ4v) is 2.68. The first kappa shape index (κ1) is 23.5. The molecule has 2 amide bonds. The van der Waals surface area contributed by atoms with Crippen LogP contribution in [0.3, 0.4) is 0 Å². The molecule has 0 saturated carbocycles. The van der Waals surface area contributed by atoms with Crippen LogP contribution in [-0.4, -0.2) is 37.2 Å². The predicted octanol–water partition coefficient (Wildman–Crippen LogP) is 3.03. The molecule has 2 N–H and O–H groups in total. The number of hydrogen-bond acceptors (Lipinski definition) is 5. The van der Waals surface area contributed by atoms with Gasteiger partial charge in [0.15, 0.2) is 0 Å². The fourth-order valence-electron chi connectivity index (χ4n) is 2.68. The van der Waals surface area contributed by atoms with Crippen LogP contribution in [0.5, 0.6) is 0 Å². The van der Waals surface area contributed by atoms with E-state index in [1.165, 1.54) is 7.11 Å². The number of benzene rings is 1. The van der Waals surface area contributed by atoms with Gasteiger partial charge < -0.3 is 20.1 Å². The lowest BCUT2D eigenvalue weighted by Gasteiger charge is -2.26. The van der Waals surface area contributed by atoms with Crippen LogP contribution in [-0.2, 0) is 25.7 Å². The zero-order valence-corrected chi connectivity index (χ0v) is 17.4. The minimum absolute atomic E-state index is 0.111. The van der Waals surface area contributed by atoms with Gasteiger partial charge >= 0.3 is 12.1 Å². The summed E-state index contributed by atoms with van der Waals surface area (Å²) in [6, 6.07) is 7.71. The highest BCUT2D eigenvalue weighted by atomic mass is 16.5. The monoisotopic (exact) mass is 392 g/mol. The Labute approximate surface area is 167 Å². The van der Waals surface area contributed by atoms with Crippen LogP contribution < -0.4 is 10.6 Å². The van der Waals surface area contributed by atoms with Crippen LogP contribution in [0.2, 0.25) is 0 Å². The summed E-state index contributed by atoms with van der Waals surface area (Å²) in [5, 5.41) is 5.34. The Balaban J connectivity index is 2.75. The van der Waals surface area contributed by atoms with E-state index < -0.39 is 30.1 Å². The molecule has 1 rings (SSSR count). The van der Waals surface area contributed by atoms with Crippen molar-refractivity contribution in [3.63, 3.8) is 0 Å². The molecule has 0 saturated heterocycles. The molecule has 1 aromatic rings. The Morgan fingerprint density at radius 3 is 2.21 bits per heavy atom. The molecule has 7 heteroatoms. The summed E-state index contributed by atoms with van der Waals surface area (Å²) in [5.74, 6) is -0.879. The minimum atomic E-state index is -0.812. The number of nitrogens with one attached hydrogen (secondary N) is 2. The number of esters is 1. The highest BCUT2D eigenvalue weighted by Crippen LogP contribution is 2.12. The van der Waals surface area contributed by atoms with Gasteiger partial charge in [-0.1, -0.05) is 64.4 Å². The molecule has 0 aliphatic carbocycles. The lowest BCUT2D eigenvalue weighted by Crippen LogP contribution is -2.54. The Hall–Kier alpha value is -2.57. The maximum atomic E-state index is 12.8. The molecular weight excluding hydrogens is 360 g/mol. The van der Waals surface area contributed by atoms with Crippen LogP contribution in [0.15, 0.2) is 30.3 Å². The third-order valence-corrected chi connectivity index (χ3v) is 4.49. The maximum Gasteiger partial charge on any atom is 0.408 e. The first-order valence-electron chi connectivity index (χ1n) is 9.63. The van der Waals surface area contributed by atoms with Gasteiger partial charge in [-0.3, -0.25) is 4.79 Å². The SMILES string of the molecule is CC[C@H](C)[C@H](NC(=O)OCc1ccccc1)C(=O)N[C@H](CC(C)C)C(=O)OC. The normalized spacial score (nSPS) is 13.9. The van der Waals surface area contributed by atoms with Crippen molar-refractivity contribution in [1.82, 2.24) is 10.6 Å². The molecule has 7 nitrogen and oxygen atoms in total. The number of amides is 2. The van der Waals surface area contributed by atoms with E-state index in [9.17, 15) is 14.4 Å². The van der Waals surface area contributed by atoms with Crippen LogP contribution in [0, 0.1) is 11.8 Å². The third kappa shape index (κ3) is 7.98. The number of alkyl carbamates (subject to hydrolysis) is 1. The molecule has 0 aliphatic heterocycles. The highest BCUT2D eigenvalue weighted by Gasteiger charge is 2.31. The first-order valence-corrected chi connectivity index (χ1v) is 9.63. The largest absolute Gasteiger partial charge is 0.467 e. The van der Waals surface area contributed by atoms with E-state index >= 15 is 0 Å². The standard InChI is InChI=1S/C21H32N2O5/c1-6-15(4)18(19(24)22-17(12-14(2)3)20(25)27-5)23-21(26)28-13-16-10-8-7-9-11-16/h7-11,14-15,17-18H,6,12-13H2,1-5H3,(H,22,24)(H,23,26)/t15-,17+,18-/m0/s1. The van der Waals surface area contributed by atoms with Crippen molar-refractivity contribution in [2.75, 3.05) is 7.11 Å². The summed E-state index contributed by atoms with van der Waals surface area (Å²) in [6.07, 6.45) is 0.441. The second kappa shape index (κ2) is 12.0. The van der Waals surface area contributed by atoms with Crippen molar-refractivity contribution in [3.05, 3.63) is 35.9 Å². The molecular formula is C21H32N2O5. The number of methoxy groups -OCH3 is 1. The zero-order valence-electron chi connectivity index (χ0n) is 17.4. The molecule has 0 aliphatic rings. The molecule has 156 valence electrons. The Morgan fingerprint density at radius 2 is 1.68 bits per heavy atom. The lowest BCUT2D eigenvalue weighted by atomic mass is 9.97. The van der Waals surface area contributed by atoms with Gasteiger partial charge in [0.05, 0.1) is 7.11 Å². The fraction of sp³-hybridized carbons (Fsp3) is 0.571. The van der Waals surface area contributed by atoms with Crippen molar-refractivity contribution >= 4 is 18.0 Å². The third-order valence-electron chi connectivity index (χ3n) is 4.49. The highest BCUT2D eigenvalue weighted by molar-refractivity contribution is 5.89. The van der Waals surface area contributed by atoms with Crippen LogP contribution in [0.1, 0.15) is 46.1 Å². The van der Waals surface area contributed by atoms with E-state index in [-0.39, 0.29) is 18.4 Å². The maximum absolute atomic E-state index is 12.8. The van der Waals surface area contributed by atoms with Gasteiger partial charge in [0.2, 0.25) is 5.91 Å². The Morgan fingerprint density at radius 1 is 1.04 bits per heavy atom. The molecule has 0 spiro atoms. The van der Waals surface area contributed by atoms with E-state index in [1.54, 1.807) is 0 Å². The smallest absolute Gasteiger partial charge is 0.408 e. The number of ether oxygens (including phenoxy) is 2. The molecule has 0 fully saturated rings. The Bertz CT molecular complexity index is 633. The molecule has 28 heavy (non-hydrogen) atoms. The second-order valence-corrected chi connectivity index (χ2v) is 7.28. The van der Waals surface area contributed by atoms with Gasteiger partial charge in [-0.25, -0.2) is 9.59 Å². The van der Waals surface area contributed by atoms with Gasteiger partial charge in [0.25, 0.3) is 0 Å². The van der Waals surface area contributed by atoms with Crippen molar-refractivity contribution < 1.29 is 23.9 Å². The van der Waals surface area contributed by atoms with E-state index in [4.69, 9.17) is 9.47 Å². The lowest BCUT2D eigenvalue weighted by molar-refractivity contribution is -0.146. The van der Waals surface area contributed by atoms with Crippen molar-refractivity contribution in [2.45, 2.75) is 59.2 Å². The van der Waals surface area contributed by atoms with Crippen molar-refractivity contribution in [1.29, 1.82) is 0 Å². The van der Waals surface area contributed by atoms with Crippen LogP contribution >= 0.6 is 0 Å². The quantitative estimate of drug-likeness (QED) is 0.597. The van der Waals surface area contributed by atoms with Crippen molar-refractivity contribution in [2.24, 2.45) is 11.8 Å². The number of carbonyl (C=O) groups excluding carboxylic acids is 3. The zero-order chi connectivity index (χ0) is 21.1. The topological polar surface area (TPSA) is 93.7 Å². The molecule has 0 heterocycles. The predicted molar refractivity (Wildman–Crippen MR) is 106 cm³/mol. The molecule has 0 aromatic heterocycles. The molecule has 0 radical (unpaired) electrons. The summed E-state index contributed by atoms with van der Waals surface area (Å²) in [6.45, 7) is 7.80. The summed E-state index contributed by atoms with van der Waals surface area (Å²) in [5.41, 5.74) is 0.852. The summed E-state index contributed by atoms with van der Waals surface area (Å²) < 4.78 is 10.0. The average Bonchev–Trinajstić information content (AvgIpc) is 2.69. The van der Waals surface area contributed by atoms with Crippen LogP contribution in [0.4, 0.5) is 4.79 Å². The van der Waals surface area contributed by atoms with E-state index in [0.29, 0.717) is 12.8 Å². The Kier molecular flexibility index (Phi) is 10.1. The van der Waals surface area contributed by atoms with Gasteiger partial charge in [0.1, 0.15) is 18.7 Å². The minimum Gasteiger partial charge on any atom is -0.467 e. The van der Waals surface area contributed by atoms with Gasteiger partial charge in [-0.15, -0.1) is 0 Å².